The Balaban J connectivity index is 2.58. The minimum Gasteiger partial charge on any atom is -0.481 e. The maximum absolute atomic E-state index is 15.2. The van der Waals surface area contributed by atoms with Gasteiger partial charge in [0.05, 0.1) is 20.3 Å². The molecular weight excluding hydrogens is 297 g/mol. The van der Waals surface area contributed by atoms with Crippen LogP contribution in [0.4, 0.5) is 4.39 Å². The molecule has 0 aromatic carbocycles. The summed E-state index contributed by atoms with van der Waals surface area (Å²) >= 11 is 4.83. The minimum absolute atomic E-state index is 0.0295. The summed E-state index contributed by atoms with van der Waals surface area (Å²) in [5.74, 6) is 0.205. The molecule has 8 heteroatoms. The van der Waals surface area contributed by atoms with Gasteiger partial charge in [0.25, 0.3) is 0 Å². The fourth-order valence-corrected chi connectivity index (χ4v) is 2.84. The first kappa shape index (κ1) is 15.8. The number of rotatable bonds is 4. The van der Waals surface area contributed by atoms with Gasteiger partial charge in [0.1, 0.15) is 4.99 Å². The van der Waals surface area contributed by atoms with Crippen molar-refractivity contribution in [3.05, 3.63) is 11.9 Å². The van der Waals surface area contributed by atoms with Gasteiger partial charge < -0.3 is 20.3 Å². The van der Waals surface area contributed by atoms with Crippen LogP contribution in [-0.2, 0) is 5.60 Å². The molecule has 0 saturated heterocycles. The van der Waals surface area contributed by atoms with Crippen LogP contribution in [0.1, 0.15) is 31.5 Å². The van der Waals surface area contributed by atoms with Crippen LogP contribution < -0.4 is 15.2 Å². The minimum atomic E-state index is -2.25. The number of thiocarbonyl (C=S) groups is 1. The van der Waals surface area contributed by atoms with E-state index in [1.54, 1.807) is 0 Å². The van der Waals surface area contributed by atoms with Gasteiger partial charge in [-0.15, -0.1) is 0 Å². The summed E-state index contributed by atoms with van der Waals surface area (Å²) in [6, 6.07) is 1.44. The number of aliphatic hydroxyl groups is 1. The van der Waals surface area contributed by atoms with E-state index in [0.717, 1.165) is 0 Å². The standard InChI is InChI=1S/C13H18FN3O3S/c1-19-8-7-9(20-2)17-11(16-8)13(18)6-4-3-5-12(13,14)10(15)21/h7,18H,3-6H2,1-2H3,(H2,15,21). The number of halogens is 1. The van der Waals surface area contributed by atoms with Gasteiger partial charge in [-0.2, -0.15) is 9.97 Å². The van der Waals surface area contributed by atoms with Crippen LogP contribution in [0, 0.1) is 0 Å². The molecule has 1 aliphatic rings. The third-order valence-electron chi connectivity index (χ3n) is 3.82. The summed E-state index contributed by atoms with van der Waals surface area (Å²) in [4.78, 5) is 7.72. The molecule has 1 aromatic rings. The molecule has 6 nitrogen and oxygen atoms in total. The number of ether oxygens (including phenoxy) is 2. The number of aromatic nitrogens is 2. The van der Waals surface area contributed by atoms with Crippen molar-refractivity contribution in [1.82, 2.24) is 9.97 Å². The van der Waals surface area contributed by atoms with Crippen LogP contribution in [-0.4, -0.2) is 40.0 Å². The topological polar surface area (TPSA) is 90.5 Å². The Labute approximate surface area is 127 Å². The van der Waals surface area contributed by atoms with Gasteiger partial charge in [-0.3, -0.25) is 0 Å². The van der Waals surface area contributed by atoms with Crippen molar-refractivity contribution >= 4 is 17.2 Å². The Kier molecular flexibility index (Phi) is 4.29. The third kappa shape index (κ3) is 2.53. The van der Waals surface area contributed by atoms with Crippen LogP contribution in [0.3, 0.4) is 0 Å². The normalized spacial score (nSPS) is 29.0. The molecule has 1 heterocycles. The quantitative estimate of drug-likeness (QED) is 0.808. The fraction of sp³-hybridized carbons (Fsp3) is 0.615. The number of alkyl halides is 1. The maximum atomic E-state index is 15.2. The predicted molar refractivity (Wildman–Crippen MR) is 78.1 cm³/mol. The summed E-state index contributed by atoms with van der Waals surface area (Å²) in [5.41, 5.74) is 1.29. The molecule has 3 N–H and O–H groups in total. The lowest BCUT2D eigenvalue weighted by Gasteiger charge is -2.43. The molecule has 1 fully saturated rings. The second-order valence-electron chi connectivity index (χ2n) is 5.01. The van der Waals surface area contributed by atoms with E-state index in [-0.39, 0.29) is 30.4 Å². The molecule has 116 valence electrons. The molecule has 2 unspecified atom stereocenters. The largest absolute Gasteiger partial charge is 0.481 e. The summed E-state index contributed by atoms with van der Waals surface area (Å²) in [6.07, 6.45) is 1.35. The number of nitrogens with two attached hydrogens (primary N) is 1. The molecule has 1 aliphatic carbocycles. The van der Waals surface area contributed by atoms with Crippen molar-refractivity contribution in [2.24, 2.45) is 5.73 Å². The highest BCUT2D eigenvalue weighted by molar-refractivity contribution is 7.80. The third-order valence-corrected chi connectivity index (χ3v) is 4.15. The first-order chi connectivity index (χ1) is 9.87. The van der Waals surface area contributed by atoms with Crippen molar-refractivity contribution < 1.29 is 19.0 Å². The van der Waals surface area contributed by atoms with E-state index in [9.17, 15) is 5.11 Å². The smallest absolute Gasteiger partial charge is 0.220 e. The van der Waals surface area contributed by atoms with E-state index in [2.05, 4.69) is 9.97 Å². The zero-order valence-electron chi connectivity index (χ0n) is 11.9. The first-order valence-electron chi connectivity index (χ1n) is 6.56. The van der Waals surface area contributed by atoms with Crippen molar-refractivity contribution in [2.45, 2.75) is 37.0 Å². The van der Waals surface area contributed by atoms with E-state index in [4.69, 9.17) is 27.4 Å². The van der Waals surface area contributed by atoms with Gasteiger partial charge in [0, 0.05) is 0 Å². The average Bonchev–Trinajstić information content (AvgIpc) is 2.49. The maximum Gasteiger partial charge on any atom is 0.220 e. The Morgan fingerprint density at radius 3 is 2.29 bits per heavy atom. The van der Waals surface area contributed by atoms with Crippen LogP contribution in [0.5, 0.6) is 11.8 Å². The summed E-state index contributed by atoms with van der Waals surface area (Å²) in [5, 5.41) is 10.9. The van der Waals surface area contributed by atoms with Crippen LogP contribution in [0.15, 0.2) is 6.07 Å². The molecule has 0 spiro atoms. The van der Waals surface area contributed by atoms with E-state index in [1.165, 1.54) is 20.3 Å². The molecule has 2 rings (SSSR count). The zero-order chi connectivity index (χ0) is 15.7. The zero-order valence-corrected chi connectivity index (χ0v) is 12.7. The number of methoxy groups -OCH3 is 2. The highest BCUT2D eigenvalue weighted by Gasteiger charge is 2.58. The lowest BCUT2D eigenvalue weighted by molar-refractivity contribution is -0.106. The van der Waals surface area contributed by atoms with Crippen molar-refractivity contribution in [3.8, 4) is 11.8 Å². The predicted octanol–water partition coefficient (Wildman–Crippen LogP) is 1.25. The summed E-state index contributed by atoms with van der Waals surface area (Å²) in [7, 11) is 2.82. The fourth-order valence-electron chi connectivity index (χ4n) is 2.57. The van der Waals surface area contributed by atoms with E-state index in [1.807, 2.05) is 0 Å². The van der Waals surface area contributed by atoms with Crippen LogP contribution in [0.2, 0.25) is 0 Å². The molecule has 0 bridgehead atoms. The monoisotopic (exact) mass is 315 g/mol. The second-order valence-corrected chi connectivity index (χ2v) is 5.45. The van der Waals surface area contributed by atoms with Crippen molar-refractivity contribution in [1.29, 1.82) is 0 Å². The van der Waals surface area contributed by atoms with Gasteiger partial charge in [-0.1, -0.05) is 12.2 Å². The lowest BCUT2D eigenvalue weighted by atomic mass is 9.72. The molecule has 2 atom stereocenters. The van der Waals surface area contributed by atoms with Gasteiger partial charge in [-0.05, 0) is 25.7 Å². The summed E-state index contributed by atoms with van der Waals surface area (Å²) < 4.78 is 25.3. The molecular formula is C13H18FN3O3S. The van der Waals surface area contributed by atoms with Gasteiger partial charge in [0.15, 0.2) is 17.1 Å². The average molecular weight is 315 g/mol. The molecule has 0 radical (unpaired) electrons. The molecule has 21 heavy (non-hydrogen) atoms. The van der Waals surface area contributed by atoms with Gasteiger partial charge in [-0.25, -0.2) is 4.39 Å². The summed E-state index contributed by atoms with van der Waals surface area (Å²) in [6.45, 7) is 0. The molecule has 1 saturated carbocycles. The van der Waals surface area contributed by atoms with Crippen molar-refractivity contribution in [2.75, 3.05) is 14.2 Å². The Morgan fingerprint density at radius 2 is 1.81 bits per heavy atom. The van der Waals surface area contributed by atoms with E-state index >= 15 is 4.39 Å². The molecule has 1 aromatic heterocycles. The lowest BCUT2D eigenvalue weighted by Crippen LogP contribution is -2.58. The second kappa shape index (κ2) is 5.69. The van der Waals surface area contributed by atoms with E-state index in [0.29, 0.717) is 12.8 Å². The Bertz CT molecular complexity index is 537. The SMILES string of the molecule is COc1cc(OC)nc(C2(O)CCCCC2(F)C(N)=S)n1. The highest BCUT2D eigenvalue weighted by atomic mass is 32.1. The molecule has 0 aliphatic heterocycles. The molecule has 0 amide bonds. The van der Waals surface area contributed by atoms with Crippen LogP contribution >= 0.6 is 12.2 Å². The Morgan fingerprint density at radius 1 is 1.29 bits per heavy atom. The van der Waals surface area contributed by atoms with Crippen LogP contribution in [0.25, 0.3) is 0 Å². The highest BCUT2D eigenvalue weighted by Crippen LogP contribution is 2.46. The first-order valence-corrected chi connectivity index (χ1v) is 6.97. The number of hydrogen-bond donors (Lipinski definition) is 2. The Hall–Kier alpha value is -1.54. The van der Waals surface area contributed by atoms with Crippen molar-refractivity contribution in [3.63, 3.8) is 0 Å². The van der Waals surface area contributed by atoms with Gasteiger partial charge >= 0.3 is 0 Å². The number of hydrogen-bond acceptors (Lipinski definition) is 6. The van der Waals surface area contributed by atoms with Gasteiger partial charge in [0.2, 0.25) is 11.8 Å². The van der Waals surface area contributed by atoms with E-state index < -0.39 is 16.3 Å². The number of nitrogens with zero attached hydrogens (tertiary/aromatic N) is 2.